The molecule has 178 valence electrons. The van der Waals surface area contributed by atoms with Crippen molar-refractivity contribution in [3.8, 4) is 11.5 Å². The molecule has 3 aromatic carbocycles. The molecule has 0 saturated carbocycles. The lowest BCUT2D eigenvalue weighted by atomic mass is 10.1. The lowest BCUT2D eigenvalue weighted by Gasteiger charge is -2.16. The largest absolute Gasteiger partial charge is 0.497 e. The third-order valence-corrected chi connectivity index (χ3v) is 7.64. The van der Waals surface area contributed by atoms with E-state index in [0.29, 0.717) is 28.6 Å². The smallest absolute Gasteiger partial charge is 0.285 e. The van der Waals surface area contributed by atoms with Crippen molar-refractivity contribution in [3.63, 3.8) is 0 Å². The third kappa shape index (κ3) is 6.35. The maximum absolute atomic E-state index is 13.1. The van der Waals surface area contributed by atoms with Crippen LogP contribution in [0.3, 0.4) is 0 Å². The monoisotopic (exact) mass is 728 g/mol. The van der Waals surface area contributed by atoms with E-state index in [9.17, 15) is 9.59 Å². The Morgan fingerprint density at radius 3 is 2.51 bits per heavy atom. The van der Waals surface area contributed by atoms with Crippen molar-refractivity contribution in [3.05, 3.63) is 95.5 Å². The minimum absolute atomic E-state index is 0.246. The fraction of sp³-hybridized carbons (Fsp3) is 0.0800. The molecule has 0 spiro atoms. The molecular formula is C25H18I2N2O4S2. The number of nitrogens with zero attached hydrogens (tertiary/aromatic N) is 1. The molecule has 0 aliphatic carbocycles. The van der Waals surface area contributed by atoms with Crippen molar-refractivity contribution < 1.29 is 19.1 Å². The number of methoxy groups -OCH3 is 1. The van der Waals surface area contributed by atoms with Crippen molar-refractivity contribution >= 4 is 91.4 Å². The lowest BCUT2D eigenvalue weighted by Crippen LogP contribution is -2.44. The number of nitrogens with one attached hydrogen (secondary N) is 1. The van der Waals surface area contributed by atoms with E-state index in [4.69, 9.17) is 21.7 Å². The summed E-state index contributed by atoms with van der Waals surface area (Å²) >= 11 is 11.0. The summed E-state index contributed by atoms with van der Waals surface area (Å²) in [5, 5.41) is 1.10. The van der Waals surface area contributed by atoms with Gasteiger partial charge in [0.25, 0.3) is 11.8 Å². The Hall–Kier alpha value is -2.16. The molecule has 4 rings (SSSR count). The van der Waals surface area contributed by atoms with Gasteiger partial charge in [0.1, 0.15) is 18.1 Å². The van der Waals surface area contributed by atoms with Crippen LogP contribution in [-0.2, 0) is 11.4 Å². The summed E-state index contributed by atoms with van der Waals surface area (Å²) in [6.07, 6.45) is 1.75. The molecule has 0 unspecified atom stereocenters. The van der Waals surface area contributed by atoms with E-state index in [-0.39, 0.29) is 4.32 Å². The van der Waals surface area contributed by atoms with E-state index in [0.717, 1.165) is 35.0 Å². The van der Waals surface area contributed by atoms with Crippen molar-refractivity contribution in [2.45, 2.75) is 6.61 Å². The molecule has 0 aromatic heterocycles. The Bertz CT molecular complexity index is 1320. The number of rotatable bonds is 7. The number of thiocarbonyl (C=S) groups is 1. The summed E-state index contributed by atoms with van der Waals surface area (Å²) in [4.78, 5) is 26.2. The Morgan fingerprint density at radius 2 is 1.83 bits per heavy atom. The van der Waals surface area contributed by atoms with Gasteiger partial charge < -0.3 is 9.47 Å². The quantitative estimate of drug-likeness (QED) is 0.182. The van der Waals surface area contributed by atoms with Crippen LogP contribution in [0.1, 0.15) is 21.5 Å². The summed E-state index contributed by atoms with van der Waals surface area (Å²) in [5.41, 5.74) is 4.79. The fourth-order valence-corrected chi connectivity index (χ4v) is 6.40. The van der Waals surface area contributed by atoms with Gasteiger partial charge in [-0.2, -0.15) is 5.01 Å². The molecule has 0 bridgehead atoms. The van der Waals surface area contributed by atoms with Crippen LogP contribution in [0.15, 0.2) is 71.6 Å². The van der Waals surface area contributed by atoms with Gasteiger partial charge in [0, 0.05) is 14.7 Å². The molecule has 1 heterocycles. The van der Waals surface area contributed by atoms with Crippen LogP contribution >= 0.6 is 69.2 Å². The minimum atomic E-state index is -0.444. The highest BCUT2D eigenvalue weighted by Crippen LogP contribution is 2.36. The van der Waals surface area contributed by atoms with Gasteiger partial charge >= 0.3 is 0 Å². The van der Waals surface area contributed by atoms with Crippen molar-refractivity contribution in [1.29, 1.82) is 0 Å². The first-order valence-electron chi connectivity index (χ1n) is 10.2. The van der Waals surface area contributed by atoms with E-state index >= 15 is 0 Å². The summed E-state index contributed by atoms with van der Waals surface area (Å²) < 4.78 is 13.4. The van der Waals surface area contributed by atoms with Crippen LogP contribution < -0.4 is 14.9 Å². The first-order chi connectivity index (χ1) is 16.9. The molecule has 1 aliphatic heterocycles. The van der Waals surface area contributed by atoms with Crippen LogP contribution in [0.2, 0.25) is 0 Å². The van der Waals surface area contributed by atoms with Crippen LogP contribution in [0.25, 0.3) is 6.08 Å². The average molecular weight is 728 g/mol. The standard InChI is InChI=1S/C25H18I2N2O4S2/c1-32-19-9-7-16(8-10-19)23(30)28-29-24(31)21(35-25(29)34)12-17-11-18(26)13-20(27)22(17)33-14-15-5-3-2-4-6-15/h2-13H,14H2,1H3,(H,28,30)/b21-12+. The summed E-state index contributed by atoms with van der Waals surface area (Å²) in [7, 11) is 1.55. The van der Waals surface area contributed by atoms with Crippen LogP contribution in [0.5, 0.6) is 11.5 Å². The highest BCUT2D eigenvalue weighted by Gasteiger charge is 2.34. The number of thioether (sulfide) groups is 1. The number of hydrogen-bond acceptors (Lipinski definition) is 6. The van der Waals surface area contributed by atoms with Crippen LogP contribution in [0, 0.1) is 7.14 Å². The molecule has 3 aromatic rings. The summed E-state index contributed by atoms with van der Waals surface area (Å²) in [5.74, 6) is 0.473. The number of halogens is 2. The third-order valence-electron chi connectivity index (χ3n) is 4.91. The van der Waals surface area contributed by atoms with Gasteiger partial charge in [0.15, 0.2) is 4.32 Å². The molecule has 1 aliphatic rings. The number of hydrazine groups is 1. The molecule has 35 heavy (non-hydrogen) atoms. The van der Waals surface area contributed by atoms with Gasteiger partial charge in [-0.1, -0.05) is 42.1 Å². The van der Waals surface area contributed by atoms with Gasteiger partial charge in [-0.25, -0.2) is 0 Å². The number of carbonyl (C=O) groups is 2. The van der Waals surface area contributed by atoms with E-state index in [1.54, 1.807) is 37.5 Å². The second-order valence-corrected chi connectivity index (χ2v) is 11.4. The second kappa shape index (κ2) is 11.7. The Labute approximate surface area is 239 Å². The first kappa shape index (κ1) is 25.9. The number of ether oxygens (including phenoxy) is 2. The second-order valence-electron chi connectivity index (χ2n) is 7.27. The SMILES string of the molecule is COc1ccc(C(=O)NN2C(=O)/C(=C\c3cc(I)cc(I)c3OCc3ccccc3)SC2=S)cc1. The molecule has 1 fully saturated rings. The molecule has 1 saturated heterocycles. The zero-order chi connectivity index (χ0) is 24.9. The van der Waals surface area contributed by atoms with E-state index in [2.05, 4.69) is 50.6 Å². The average Bonchev–Trinajstić information content (AvgIpc) is 3.11. The van der Waals surface area contributed by atoms with Crippen molar-refractivity contribution in [1.82, 2.24) is 10.4 Å². The minimum Gasteiger partial charge on any atom is -0.497 e. The predicted octanol–water partition coefficient (Wildman–Crippen LogP) is 6.03. The fourth-order valence-electron chi connectivity index (χ4n) is 3.18. The van der Waals surface area contributed by atoms with Gasteiger partial charge in [-0.05, 0) is 105 Å². The van der Waals surface area contributed by atoms with Crippen LogP contribution in [-0.4, -0.2) is 28.3 Å². The summed E-state index contributed by atoms with van der Waals surface area (Å²) in [6.45, 7) is 0.400. The zero-order valence-corrected chi connectivity index (χ0v) is 24.2. The topological polar surface area (TPSA) is 67.9 Å². The summed E-state index contributed by atoms with van der Waals surface area (Å²) in [6, 6.07) is 20.4. The molecule has 6 nitrogen and oxygen atoms in total. The molecule has 1 N–H and O–H groups in total. The Kier molecular flexibility index (Phi) is 8.68. The maximum atomic E-state index is 13.1. The van der Waals surface area contributed by atoms with Gasteiger partial charge in [0.2, 0.25) is 0 Å². The molecule has 0 atom stereocenters. The lowest BCUT2D eigenvalue weighted by molar-refractivity contribution is -0.123. The molecule has 2 amide bonds. The number of carbonyl (C=O) groups excluding carboxylic acids is 2. The highest BCUT2D eigenvalue weighted by molar-refractivity contribution is 14.1. The normalized spacial score (nSPS) is 14.4. The van der Waals surface area contributed by atoms with Crippen molar-refractivity contribution in [2.24, 2.45) is 0 Å². The highest BCUT2D eigenvalue weighted by atomic mass is 127. The number of benzene rings is 3. The van der Waals surface area contributed by atoms with Crippen molar-refractivity contribution in [2.75, 3.05) is 7.11 Å². The number of hydrogen-bond donors (Lipinski definition) is 1. The van der Waals surface area contributed by atoms with E-state index < -0.39 is 11.8 Å². The Morgan fingerprint density at radius 1 is 1.11 bits per heavy atom. The zero-order valence-electron chi connectivity index (χ0n) is 18.3. The van der Waals surface area contributed by atoms with Gasteiger partial charge in [-0.3, -0.25) is 15.0 Å². The first-order valence-corrected chi connectivity index (χ1v) is 13.6. The van der Waals surface area contributed by atoms with E-state index in [1.165, 1.54) is 0 Å². The van der Waals surface area contributed by atoms with Gasteiger partial charge in [-0.15, -0.1) is 0 Å². The molecule has 10 heteroatoms. The van der Waals surface area contributed by atoms with Gasteiger partial charge in [0.05, 0.1) is 15.6 Å². The predicted molar refractivity (Wildman–Crippen MR) is 158 cm³/mol. The number of amides is 2. The molecular weight excluding hydrogens is 710 g/mol. The maximum Gasteiger partial charge on any atom is 0.285 e. The molecule has 0 radical (unpaired) electrons. The van der Waals surface area contributed by atoms with E-state index in [1.807, 2.05) is 42.5 Å². The van der Waals surface area contributed by atoms with Crippen LogP contribution in [0.4, 0.5) is 0 Å². The Balaban J connectivity index is 1.55.